The first-order chi connectivity index (χ1) is 15.2. The normalized spacial score (nSPS) is 11.0. The molecule has 7 nitrogen and oxygen atoms in total. The van der Waals surface area contributed by atoms with E-state index in [2.05, 4.69) is 15.3 Å². The van der Waals surface area contributed by atoms with Gasteiger partial charge in [0.25, 0.3) is 5.91 Å². The largest absolute Gasteiger partial charge is 0.346 e. The van der Waals surface area contributed by atoms with Crippen LogP contribution in [0.5, 0.6) is 0 Å². The summed E-state index contributed by atoms with van der Waals surface area (Å²) in [5, 5.41) is 2.96. The maximum absolute atomic E-state index is 13.0. The molecule has 5 rings (SSSR count). The first-order valence-electron chi connectivity index (χ1n) is 9.96. The fourth-order valence-corrected chi connectivity index (χ4v) is 3.63. The van der Waals surface area contributed by atoms with Crippen molar-refractivity contribution in [3.05, 3.63) is 103 Å². The van der Waals surface area contributed by atoms with Crippen LogP contribution in [0.4, 0.5) is 0 Å². The zero-order chi connectivity index (χ0) is 21.2. The topological polar surface area (TPSA) is 77.1 Å². The Balaban J connectivity index is 1.52. The molecule has 0 saturated carbocycles. The summed E-state index contributed by atoms with van der Waals surface area (Å²) < 4.78 is 3.93. The van der Waals surface area contributed by atoms with Crippen molar-refractivity contribution in [3.63, 3.8) is 0 Å². The molecule has 0 aliphatic rings. The molecule has 0 radical (unpaired) electrons. The monoisotopic (exact) mass is 408 g/mol. The zero-order valence-corrected chi connectivity index (χ0v) is 16.9. The van der Waals surface area contributed by atoms with Gasteiger partial charge in [0, 0.05) is 24.8 Å². The van der Waals surface area contributed by atoms with E-state index in [1.165, 1.54) is 0 Å². The number of nitrogens with zero attached hydrogens (tertiary/aromatic N) is 5. The second-order valence-electron chi connectivity index (χ2n) is 7.13. The van der Waals surface area contributed by atoms with Crippen molar-refractivity contribution < 1.29 is 4.79 Å². The fourth-order valence-electron chi connectivity index (χ4n) is 3.63. The Kier molecular flexibility index (Phi) is 4.76. The summed E-state index contributed by atoms with van der Waals surface area (Å²) in [5.41, 5.74) is 3.84. The molecule has 31 heavy (non-hydrogen) atoms. The second-order valence-corrected chi connectivity index (χ2v) is 7.13. The van der Waals surface area contributed by atoms with Crippen molar-refractivity contribution in [1.29, 1.82) is 0 Å². The van der Waals surface area contributed by atoms with Crippen LogP contribution < -0.4 is 5.32 Å². The lowest BCUT2D eigenvalue weighted by Crippen LogP contribution is -2.23. The summed E-state index contributed by atoms with van der Waals surface area (Å²) in [6.45, 7) is 2.31. The molecule has 0 unspecified atom stereocenters. The van der Waals surface area contributed by atoms with Gasteiger partial charge in [0.05, 0.1) is 29.0 Å². The van der Waals surface area contributed by atoms with Gasteiger partial charge >= 0.3 is 0 Å². The van der Waals surface area contributed by atoms with Crippen molar-refractivity contribution in [3.8, 4) is 17.2 Å². The number of fused-ring (bicyclic) bond motifs is 1. The molecule has 7 heteroatoms. The average Bonchev–Trinajstić information content (AvgIpc) is 3.39. The summed E-state index contributed by atoms with van der Waals surface area (Å²) >= 11 is 0. The van der Waals surface area contributed by atoms with Gasteiger partial charge in [-0.3, -0.25) is 14.3 Å². The molecule has 0 atom stereocenters. The third kappa shape index (κ3) is 3.57. The summed E-state index contributed by atoms with van der Waals surface area (Å²) in [4.78, 5) is 26.4. The van der Waals surface area contributed by atoms with Crippen LogP contribution in [0.3, 0.4) is 0 Å². The average molecular weight is 408 g/mol. The lowest BCUT2D eigenvalue weighted by atomic mass is 10.2. The van der Waals surface area contributed by atoms with Crippen molar-refractivity contribution in [2.24, 2.45) is 0 Å². The van der Waals surface area contributed by atoms with Crippen LogP contribution in [0.15, 0.2) is 85.5 Å². The molecule has 0 aromatic carbocycles. The van der Waals surface area contributed by atoms with Gasteiger partial charge in [0.15, 0.2) is 0 Å². The highest BCUT2D eigenvalue weighted by Crippen LogP contribution is 2.27. The maximum Gasteiger partial charge on any atom is 0.253 e. The summed E-state index contributed by atoms with van der Waals surface area (Å²) in [6.07, 6.45) is 7.36. The molecule has 5 aromatic heterocycles. The highest BCUT2D eigenvalue weighted by Gasteiger charge is 2.18. The SMILES string of the molecule is Cc1nc(-c2cc(C(=O)NCc3ccccn3)c3ccccn23)cn1-c1ccccn1. The summed E-state index contributed by atoms with van der Waals surface area (Å²) in [7, 11) is 0. The molecular formula is C24H20N6O. The number of carbonyl (C=O) groups excluding carboxylic acids is 1. The standard InChI is InChI=1S/C24H20N6O/c1-17-28-20(16-30(17)23-10-3-6-12-26-23)22-14-19(21-9-4-7-13-29(21)22)24(31)27-15-18-8-2-5-11-25-18/h2-14,16H,15H2,1H3,(H,27,31). The highest BCUT2D eigenvalue weighted by molar-refractivity contribution is 6.02. The van der Waals surface area contributed by atoms with E-state index in [9.17, 15) is 4.79 Å². The Labute approximate surface area is 179 Å². The van der Waals surface area contributed by atoms with E-state index < -0.39 is 0 Å². The van der Waals surface area contributed by atoms with Gasteiger partial charge in [0.1, 0.15) is 17.3 Å². The van der Waals surface area contributed by atoms with Crippen LogP contribution in [0.25, 0.3) is 22.7 Å². The van der Waals surface area contributed by atoms with Crippen LogP contribution >= 0.6 is 0 Å². The number of aryl methyl sites for hydroxylation is 1. The minimum absolute atomic E-state index is 0.151. The minimum Gasteiger partial charge on any atom is -0.346 e. The first-order valence-corrected chi connectivity index (χ1v) is 9.96. The van der Waals surface area contributed by atoms with Crippen LogP contribution in [0.2, 0.25) is 0 Å². The van der Waals surface area contributed by atoms with Crippen LogP contribution in [-0.4, -0.2) is 29.8 Å². The Morgan fingerprint density at radius 2 is 1.81 bits per heavy atom. The summed E-state index contributed by atoms with van der Waals surface area (Å²) in [5.74, 6) is 1.47. The van der Waals surface area contributed by atoms with E-state index in [-0.39, 0.29) is 5.91 Å². The van der Waals surface area contributed by atoms with Gasteiger partial charge < -0.3 is 9.72 Å². The van der Waals surface area contributed by atoms with E-state index in [1.54, 1.807) is 12.4 Å². The number of amides is 1. The number of hydrogen-bond acceptors (Lipinski definition) is 4. The molecule has 0 bridgehead atoms. The molecule has 5 aromatic rings. The molecule has 0 spiro atoms. The molecule has 0 fully saturated rings. The van der Waals surface area contributed by atoms with Crippen molar-refractivity contribution in [2.45, 2.75) is 13.5 Å². The summed E-state index contributed by atoms with van der Waals surface area (Å²) in [6, 6.07) is 19.1. The first kappa shape index (κ1) is 18.7. The third-order valence-corrected chi connectivity index (χ3v) is 5.12. The van der Waals surface area contributed by atoms with E-state index in [0.29, 0.717) is 12.1 Å². The molecule has 0 aliphatic heterocycles. The number of carbonyl (C=O) groups is 1. The number of rotatable bonds is 5. The van der Waals surface area contributed by atoms with E-state index >= 15 is 0 Å². The van der Waals surface area contributed by atoms with Gasteiger partial charge in [-0.2, -0.15) is 0 Å². The lowest BCUT2D eigenvalue weighted by molar-refractivity contribution is 0.0952. The van der Waals surface area contributed by atoms with Crippen molar-refractivity contribution in [2.75, 3.05) is 0 Å². The molecule has 0 aliphatic carbocycles. The molecule has 152 valence electrons. The van der Waals surface area contributed by atoms with Gasteiger partial charge in [-0.25, -0.2) is 9.97 Å². The van der Waals surface area contributed by atoms with Crippen LogP contribution in [-0.2, 0) is 6.54 Å². The molecule has 5 heterocycles. The van der Waals surface area contributed by atoms with Gasteiger partial charge in [-0.05, 0) is 49.4 Å². The predicted octanol–water partition coefficient (Wildman–Crippen LogP) is 3.82. The maximum atomic E-state index is 13.0. The Morgan fingerprint density at radius 3 is 2.58 bits per heavy atom. The molecule has 1 amide bonds. The lowest BCUT2D eigenvalue weighted by Gasteiger charge is -2.04. The molecule has 0 saturated heterocycles. The van der Waals surface area contributed by atoms with Crippen LogP contribution in [0.1, 0.15) is 21.9 Å². The van der Waals surface area contributed by atoms with Gasteiger partial charge in [-0.15, -0.1) is 0 Å². The number of aromatic nitrogens is 5. The quantitative estimate of drug-likeness (QED) is 0.480. The third-order valence-electron chi connectivity index (χ3n) is 5.12. The fraction of sp³-hybridized carbons (Fsp3) is 0.0833. The van der Waals surface area contributed by atoms with E-state index in [1.807, 2.05) is 88.9 Å². The van der Waals surface area contributed by atoms with Crippen LogP contribution in [0, 0.1) is 6.92 Å². The Bertz CT molecular complexity index is 1360. The van der Waals surface area contributed by atoms with E-state index in [4.69, 9.17) is 4.98 Å². The van der Waals surface area contributed by atoms with Crippen molar-refractivity contribution in [1.82, 2.24) is 29.2 Å². The Morgan fingerprint density at radius 1 is 1.00 bits per heavy atom. The molecular weight excluding hydrogens is 388 g/mol. The number of pyridine rings is 3. The minimum atomic E-state index is -0.151. The van der Waals surface area contributed by atoms with E-state index in [0.717, 1.165) is 34.2 Å². The number of hydrogen-bond donors (Lipinski definition) is 1. The van der Waals surface area contributed by atoms with Gasteiger partial charge in [0.2, 0.25) is 0 Å². The molecule has 1 N–H and O–H groups in total. The second kappa shape index (κ2) is 7.87. The van der Waals surface area contributed by atoms with Gasteiger partial charge in [-0.1, -0.05) is 18.2 Å². The smallest absolute Gasteiger partial charge is 0.253 e. The number of imidazole rings is 1. The number of nitrogens with one attached hydrogen (secondary N) is 1. The van der Waals surface area contributed by atoms with Crippen molar-refractivity contribution >= 4 is 11.4 Å². The highest BCUT2D eigenvalue weighted by atomic mass is 16.1. The predicted molar refractivity (Wildman–Crippen MR) is 118 cm³/mol. The zero-order valence-electron chi connectivity index (χ0n) is 16.9. The Hall–Kier alpha value is -4.26.